The summed E-state index contributed by atoms with van der Waals surface area (Å²) in [5.41, 5.74) is 0.725. The van der Waals surface area contributed by atoms with Crippen LogP contribution in [0, 0.1) is 0 Å². The number of nitrogens with zero attached hydrogens (tertiary/aromatic N) is 3. The Kier molecular flexibility index (Phi) is 2.74. The Bertz CT molecular complexity index is 672. The van der Waals surface area contributed by atoms with Gasteiger partial charge >= 0.3 is 0 Å². The first kappa shape index (κ1) is 10.9. The molecule has 3 rings (SSSR count). The second kappa shape index (κ2) is 4.54. The van der Waals surface area contributed by atoms with E-state index in [9.17, 15) is 0 Å². The summed E-state index contributed by atoms with van der Waals surface area (Å²) in [7, 11) is 1.83. The van der Waals surface area contributed by atoms with Crippen molar-refractivity contribution < 1.29 is 4.42 Å². The fourth-order valence-electron chi connectivity index (χ4n) is 1.86. The highest BCUT2D eigenvalue weighted by Gasteiger charge is 2.12. The zero-order chi connectivity index (χ0) is 12.4. The Morgan fingerprint density at radius 2 is 2.06 bits per heavy atom. The monoisotopic (exact) mass is 240 g/mol. The molecule has 5 heteroatoms. The third-order valence-corrected chi connectivity index (χ3v) is 2.67. The topological polar surface area (TPSA) is 63.8 Å². The van der Waals surface area contributed by atoms with Crippen molar-refractivity contribution >= 4 is 10.8 Å². The fourth-order valence-corrected chi connectivity index (χ4v) is 1.86. The number of fused-ring (bicyclic) bond motifs is 1. The molecule has 5 nitrogen and oxygen atoms in total. The number of pyridine rings is 1. The molecule has 1 aromatic carbocycles. The molecule has 2 aromatic heterocycles. The zero-order valence-electron chi connectivity index (χ0n) is 9.92. The van der Waals surface area contributed by atoms with Gasteiger partial charge in [-0.1, -0.05) is 24.3 Å². The third-order valence-electron chi connectivity index (χ3n) is 2.67. The number of hydrogen-bond donors (Lipinski definition) is 1. The van der Waals surface area contributed by atoms with E-state index in [1.165, 1.54) is 0 Å². The first-order valence-corrected chi connectivity index (χ1v) is 5.69. The second-order valence-corrected chi connectivity index (χ2v) is 3.91. The number of aromatic nitrogens is 3. The molecule has 0 atom stereocenters. The van der Waals surface area contributed by atoms with Gasteiger partial charge in [-0.2, -0.15) is 0 Å². The highest BCUT2D eigenvalue weighted by atomic mass is 16.4. The summed E-state index contributed by atoms with van der Waals surface area (Å²) in [6.07, 6.45) is 1.75. The van der Waals surface area contributed by atoms with E-state index in [0.717, 1.165) is 16.5 Å². The van der Waals surface area contributed by atoms with Crippen LogP contribution in [-0.2, 0) is 6.54 Å². The van der Waals surface area contributed by atoms with Crippen molar-refractivity contribution in [1.29, 1.82) is 0 Å². The molecule has 0 radical (unpaired) electrons. The van der Waals surface area contributed by atoms with Crippen LogP contribution < -0.4 is 5.32 Å². The molecule has 90 valence electrons. The Labute approximate surface area is 104 Å². The minimum atomic E-state index is 0.456. The molecular weight excluding hydrogens is 228 g/mol. The Hall–Kier alpha value is -2.27. The number of benzene rings is 1. The number of nitrogens with one attached hydrogen (secondary N) is 1. The van der Waals surface area contributed by atoms with E-state index >= 15 is 0 Å². The number of rotatable bonds is 3. The molecule has 0 amide bonds. The van der Waals surface area contributed by atoms with Gasteiger partial charge in [-0.05, 0) is 18.5 Å². The predicted octanol–water partition coefficient (Wildman–Crippen LogP) is 2.00. The molecule has 0 fully saturated rings. The minimum Gasteiger partial charge on any atom is -0.418 e. The van der Waals surface area contributed by atoms with E-state index in [1.54, 1.807) is 6.20 Å². The normalized spacial score (nSPS) is 10.9. The molecule has 0 aliphatic rings. The maximum atomic E-state index is 5.57. The summed E-state index contributed by atoms with van der Waals surface area (Å²) in [4.78, 5) is 4.33. The van der Waals surface area contributed by atoms with Crippen molar-refractivity contribution in [2.24, 2.45) is 0 Å². The molecule has 0 saturated heterocycles. The van der Waals surface area contributed by atoms with E-state index < -0.39 is 0 Å². The molecule has 3 aromatic rings. The zero-order valence-corrected chi connectivity index (χ0v) is 9.92. The second-order valence-electron chi connectivity index (χ2n) is 3.91. The molecule has 18 heavy (non-hydrogen) atoms. The van der Waals surface area contributed by atoms with Gasteiger partial charge < -0.3 is 9.73 Å². The molecule has 0 spiro atoms. The van der Waals surface area contributed by atoms with Crippen molar-refractivity contribution in [3.05, 3.63) is 42.4 Å². The van der Waals surface area contributed by atoms with Crippen molar-refractivity contribution in [3.63, 3.8) is 0 Å². The molecule has 1 N–H and O–H groups in total. The Morgan fingerprint density at radius 1 is 1.17 bits per heavy atom. The van der Waals surface area contributed by atoms with Crippen LogP contribution in [0.4, 0.5) is 0 Å². The van der Waals surface area contributed by atoms with Crippen LogP contribution in [0.15, 0.2) is 40.9 Å². The van der Waals surface area contributed by atoms with Gasteiger partial charge in [0.05, 0.1) is 6.54 Å². The molecule has 0 bridgehead atoms. The maximum Gasteiger partial charge on any atom is 0.266 e. The van der Waals surface area contributed by atoms with E-state index in [4.69, 9.17) is 4.42 Å². The maximum absolute atomic E-state index is 5.57. The predicted molar refractivity (Wildman–Crippen MR) is 67.8 cm³/mol. The van der Waals surface area contributed by atoms with Gasteiger partial charge in [0.2, 0.25) is 5.89 Å². The van der Waals surface area contributed by atoms with E-state index in [0.29, 0.717) is 18.3 Å². The lowest BCUT2D eigenvalue weighted by molar-refractivity contribution is 0.489. The van der Waals surface area contributed by atoms with Gasteiger partial charge in [-0.25, -0.2) is 0 Å². The van der Waals surface area contributed by atoms with Crippen LogP contribution in [0.5, 0.6) is 0 Å². The average Bonchev–Trinajstić information content (AvgIpc) is 2.87. The summed E-state index contributed by atoms with van der Waals surface area (Å²) >= 11 is 0. The molecule has 0 saturated carbocycles. The van der Waals surface area contributed by atoms with Gasteiger partial charge in [-0.15, -0.1) is 10.2 Å². The lowest BCUT2D eigenvalue weighted by Crippen LogP contribution is -2.04. The first-order chi connectivity index (χ1) is 8.88. The smallest absolute Gasteiger partial charge is 0.266 e. The SMILES string of the molecule is CNCc1nnc(-c2nccc3ccccc23)o1. The van der Waals surface area contributed by atoms with Gasteiger partial charge in [0.1, 0.15) is 5.69 Å². The average molecular weight is 240 g/mol. The molecule has 0 aliphatic carbocycles. The molecule has 2 heterocycles. The van der Waals surface area contributed by atoms with E-state index in [-0.39, 0.29) is 0 Å². The van der Waals surface area contributed by atoms with Gasteiger partial charge in [-0.3, -0.25) is 4.98 Å². The Morgan fingerprint density at radius 3 is 2.94 bits per heavy atom. The van der Waals surface area contributed by atoms with Gasteiger partial charge in [0.15, 0.2) is 0 Å². The summed E-state index contributed by atoms with van der Waals surface area (Å²) in [6.45, 7) is 0.553. The summed E-state index contributed by atoms with van der Waals surface area (Å²) < 4.78 is 5.57. The van der Waals surface area contributed by atoms with Crippen molar-refractivity contribution in [3.8, 4) is 11.6 Å². The summed E-state index contributed by atoms with van der Waals surface area (Å²) in [6, 6.07) is 9.96. The third kappa shape index (κ3) is 1.84. The lowest BCUT2D eigenvalue weighted by Gasteiger charge is -2.00. The summed E-state index contributed by atoms with van der Waals surface area (Å²) in [5, 5.41) is 13.1. The van der Waals surface area contributed by atoms with Crippen LogP contribution in [0.3, 0.4) is 0 Å². The van der Waals surface area contributed by atoms with Crippen LogP contribution in [0.1, 0.15) is 5.89 Å². The van der Waals surface area contributed by atoms with E-state index in [2.05, 4.69) is 20.5 Å². The number of hydrogen-bond acceptors (Lipinski definition) is 5. The summed E-state index contributed by atoms with van der Waals surface area (Å²) in [5.74, 6) is 1.01. The quantitative estimate of drug-likeness (QED) is 0.758. The largest absolute Gasteiger partial charge is 0.418 e. The van der Waals surface area contributed by atoms with Crippen LogP contribution in [-0.4, -0.2) is 22.2 Å². The Balaban J connectivity index is 2.12. The van der Waals surface area contributed by atoms with Crippen LogP contribution in [0.2, 0.25) is 0 Å². The van der Waals surface area contributed by atoms with Crippen LogP contribution in [0.25, 0.3) is 22.4 Å². The lowest BCUT2D eigenvalue weighted by atomic mass is 10.1. The van der Waals surface area contributed by atoms with E-state index in [1.807, 2.05) is 37.4 Å². The first-order valence-electron chi connectivity index (χ1n) is 5.69. The molecule has 0 aliphatic heterocycles. The van der Waals surface area contributed by atoms with Crippen molar-refractivity contribution in [2.45, 2.75) is 6.54 Å². The highest BCUT2D eigenvalue weighted by molar-refractivity contribution is 5.92. The standard InChI is InChI=1S/C13H12N4O/c1-14-8-11-16-17-13(18-11)12-10-5-3-2-4-9(10)6-7-15-12/h2-7,14H,8H2,1H3. The molecule has 0 unspecified atom stereocenters. The van der Waals surface area contributed by atoms with Crippen molar-refractivity contribution in [2.75, 3.05) is 7.05 Å². The highest BCUT2D eigenvalue weighted by Crippen LogP contribution is 2.24. The minimum absolute atomic E-state index is 0.456. The fraction of sp³-hybridized carbons (Fsp3) is 0.154. The van der Waals surface area contributed by atoms with Gasteiger partial charge in [0.25, 0.3) is 5.89 Å². The van der Waals surface area contributed by atoms with Gasteiger partial charge in [0, 0.05) is 11.6 Å². The van der Waals surface area contributed by atoms with Crippen molar-refractivity contribution in [1.82, 2.24) is 20.5 Å². The molecular formula is C13H12N4O. The van der Waals surface area contributed by atoms with Crippen LogP contribution >= 0.6 is 0 Å².